The molecule has 0 bridgehead atoms. The molecule has 0 fully saturated rings. The summed E-state index contributed by atoms with van der Waals surface area (Å²) in [5.74, 6) is -0.794. The molecule has 88 valence electrons. The minimum atomic E-state index is -4.95. The van der Waals surface area contributed by atoms with Crippen LogP contribution >= 0.6 is 22.6 Å². The first kappa shape index (κ1) is 13.1. The summed E-state index contributed by atoms with van der Waals surface area (Å²) in [6, 6.07) is 0. The Balaban J connectivity index is 3.25. The Labute approximate surface area is 101 Å². The van der Waals surface area contributed by atoms with Crippen molar-refractivity contribution in [1.29, 1.82) is 0 Å². The number of ether oxygens (including phenoxy) is 1. The highest BCUT2D eigenvalue weighted by Gasteiger charge is 2.33. The molecule has 0 aliphatic heterocycles. The second-order valence-electron chi connectivity index (χ2n) is 2.60. The van der Waals surface area contributed by atoms with E-state index < -0.39 is 24.3 Å². The van der Waals surface area contributed by atoms with Crippen LogP contribution in [0, 0.1) is 3.70 Å². The number of pyridine rings is 1. The van der Waals surface area contributed by atoms with Crippen LogP contribution in [0.2, 0.25) is 0 Å². The summed E-state index contributed by atoms with van der Waals surface area (Å²) >= 11 is 1.62. The fourth-order valence-corrected chi connectivity index (χ4v) is 1.58. The first-order valence-electron chi connectivity index (χ1n) is 3.83. The zero-order valence-corrected chi connectivity index (χ0v) is 9.67. The molecular weight excluding hydrogens is 345 g/mol. The van der Waals surface area contributed by atoms with Crippen molar-refractivity contribution in [1.82, 2.24) is 4.98 Å². The van der Waals surface area contributed by atoms with Gasteiger partial charge in [-0.15, -0.1) is 13.2 Å². The molecule has 0 unspecified atom stereocenters. The maximum absolute atomic E-state index is 12.6. The minimum absolute atomic E-state index is 0.120. The maximum Gasteiger partial charge on any atom is 0.573 e. The Morgan fingerprint density at radius 2 is 2.12 bits per heavy atom. The second kappa shape index (κ2) is 4.93. The first-order chi connectivity index (χ1) is 7.39. The van der Waals surface area contributed by atoms with Gasteiger partial charge in [-0.05, 0) is 22.6 Å². The van der Waals surface area contributed by atoms with Gasteiger partial charge in [0.15, 0.2) is 12.0 Å². The molecule has 1 aromatic rings. The summed E-state index contributed by atoms with van der Waals surface area (Å²) in [5, 5.41) is 0. The van der Waals surface area contributed by atoms with Gasteiger partial charge in [0.2, 0.25) is 0 Å². The third-order valence-electron chi connectivity index (χ3n) is 1.62. The predicted octanol–water partition coefficient (Wildman–Crippen LogP) is 2.87. The normalized spacial score (nSPS) is 11.3. The number of halogens is 5. The molecule has 0 spiro atoms. The number of aromatic nitrogens is 1. The van der Waals surface area contributed by atoms with Crippen molar-refractivity contribution in [2.24, 2.45) is 0 Å². The van der Waals surface area contributed by atoms with Gasteiger partial charge >= 0.3 is 6.36 Å². The van der Waals surface area contributed by atoms with Crippen LogP contribution in [0.1, 0.15) is 15.9 Å². The van der Waals surface area contributed by atoms with Crippen LogP contribution in [0.15, 0.2) is 6.20 Å². The Kier molecular flexibility index (Phi) is 4.05. The topological polar surface area (TPSA) is 39.2 Å². The van der Waals surface area contributed by atoms with Gasteiger partial charge in [-0.2, -0.15) is 0 Å². The number of hydrogen-bond donors (Lipinski definition) is 0. The van der Waals surface area contributed by atoms with Crippen molar-refractivity contribution < 1.29 is 27.1 Å². The Hall–Kier alpha value is -0.930. The molecule has 0 aliphatic rings. The molecule has 0 saturated heterocycles. The number of hydrogen-bond acceptors (Lipinski definition) is 3. The Morgan fingerprint density at radius 3 is 2.56 bits per heavy atom. The van der Waals surface area contributed by atoms with Gasteiger partial charge in [0, 0.05) is 5.56 Å². The van der Waals surface area contributed by atoms with E-state index in [9.17, 15) is 22.4 Å². The molecule has 0 amide bonds. The summed E-state index contributed by atoms with van der Waals surface area (Å²) in [6.07, 6.45) is -3.97. The molecule has 0 atom stereocenters. The average molecular weight is 349 g/mol. The lowest BCUT2D eigenvalue weighted by atomic mass is 10.1. The maximum atomic E-state index is 12.6. The van der Waals surface area contributed by atoms with Crippen LogP contribution in [0.3, 0.4) is 0 Å². The van der Waals surface area contributed by atoms with Gasteiger partial charge < -0.3 is 4.74 Å². The molecule has 1 heterocycles. The van der Waals surface area contributed by atoms with E-state index in [1.165, 1.54) is 0 Å². The molecule has 3 nitrogen and oxygen atoms in total. The van der Waals surface area contributed by atoms with Gasteiger partial charge in [-0.25, -0.2) is 9.37 Å². The minimum Gasteiger partial charge on any atom is -0.404 e. The number of carbonyl (C=O) groups excluding carboxylic acids is 1. The lowest BCUT2D eigenvalue weighted by Crippen LogP contribution is -2.19. The van der Waals surface area contributed by atoms with Crippen LogP contribution < -0.4 is 4.74 Å². The first-order valence-corrected chi connectivity index (χ1v) is 4.91. The van der Waals surface area contributed by atoms with E-state index in [1.54, 1.807) is 22.6 Å². The molecule has 0 aromatic carbocycles. The summed E-state index contributed by atoms with van der Waals surface area (Å²) in [7, 11) is 0. The molecular formula is C8H4F4INO2. The highest BCUT2D eigenvalue weighted by Crippen LogP contribution is 2.29. The third-order valence-corrected chi connectivity index (χ3v) is 2.48. The Bertz CT molecular complexity index is 408. The summed E-state index contributed by atoms with van der Waals surface area (Å²) in [4.78, 5) is 14.1. The van der Waals surface area contributed by atoms with E-state index in [-0.39, 0.29) is 15.6 Å². The highest BCUT2D eigenvalue weighted by atomic mass is 127. The molecule has 16 heavy (non-hydrogen) atoms. The summed E-state index contributed by atoms with van der Waals surface area (Å²) in [6.45, 7) is -1.24. The van der Waals surface area contributed by atoms with E-state index in [4.69, 9.17) is 0 Å². The van der Waals surface area contributed by atoms with Crippen molar-refractivity contribution in [2.45, 2.75) is 13.0 Å². The highest BCUT2D eigenvalue weighted by molar-refractivity contribution is 14.1. The van der Waals surface area contributed by atoms with E-state index in [1.807, 2.05) is 0 Å². The lowest BCUT2D eigenvalue weighted by Gasteiger charge is -2.12. The van der Waals surface area contributed by atoms with Crippen molar-refractivity contribution >= 4 is 28.9 Å². The van der Waals surface area contributed by atoms with Gasteiger partial charge in [-0.3, -0.25) is 4.79 Å². The van der Waals surface area contributed by atoms with Gasteiger partial charge in [0.1, 0.15) is 10.4 Å². The average Bonchev–Trinajstić information content (AvgIpc) is 2.18. The second-order valence-corrected chi connectivity index (χ2v) is 3.63. The molecule has 0 N–H and O–H groups in total. The number of rotatable bonds is 3. The number of alkyl halides is 4. The van der Waals surface area contributed by atoms with Crippen LogP contribution in [-0.4, -0.2) is 17.6 Å². The van der Waals surface area contributed by atoms with E-state index in [0.717, 1.165) is 6.20 Å². The van der Waals surface area contributed by atoms with Crippen molar-refractivity contribution in [3.05, 3.63) is 21.0 Å². The molecule has 8 heteroatoms. The lowest BCUT2D eigenvalue weighted by molar-refractivity contribution is -0.275. The zero-order chi connectivity index (χ0) is 12.3. The number of carbonyl (C=O) groups is 1. The number of nitrogens with zero attached hydrogens (tertiary/aromatic N) is 1. The standard InChI is InChI=1S/C8H4F4INO2/c9-1-4-5(3-15)7(13)14-2-6(4)16-8(10,11)12/h2-3H,1H2. The molecule has 1 aromatic heterocycles. The van der Waals surface area contributed by atoms with E-state index >= 15 is 0 Å². The number of aldehydes is 1. The SMILES string of the molecule is O=Cc1c(I)ncc(OC(F)(F)F)c1CF. The van der Waals surface area contributed by atoms with Crippen molar-refractivity contribution in [2.75, 3.05) is 0 Å². The van der Waals surface area contributed by atoms with Gasteiger partial charge in [-0.1, -0.05) is 0 Å². The van der Waals surface area contributed by atoms with Crippen LogP contribution in [0.25, 0.3) is 0 Å². The third kappa shape index (κ3) is 3.03. The fourth-order valence-electron chi connectivity index (χ4n) is 0.990. The largest absolute Gasteiger partial charge is 0.573 e. The fraction of sp³-hybridized carbons (Fsp3) is 0.250. The zero-order valence-electron chi connectivity index (χ0n) is 7.52. The van der Waals surface area contributed by atoms with Crippen LogP contribution in [-0.2, 0) is 6.67 Å². The predicted molar refractivity (Wildman–Crippen MR) is 53.8 cm³/mol. The monoisotopic (exact) mass is 349 g/mol. The quantitative estimate of drug-likeness (QED) is 0.365. The Morgan fingerprint density at radius 1 is 1.50 bits per heavy atom. The van der Waals surface area contributed by atoms with Gasteiger partial charge in [0.05, 0.1) is 11.8 Å². The van der Waals surface area contributed by atoms with E-state index in [0.29, 0.717) is 0 Å². The van der Waals surface area contributed by atoms with Crippen molar-refractivity contribution in [3.8, 4) is 5.75 Å². The van der Waals surface area contributed by atoms with Gasteiger partial charge in [0.25, 0.3) is 0 Å². The molecule has 0 aliphatic carbocycles. The molecule has 1 rings (SSSR count). The van der Waals surface area contributed by atoms with Crippen LogP contribution in [0.4, 0.5) is 17.6 Å². The van der Waals surface area contributed by atoms with Crippen LogP contribution in [0.5, 0.6) is 5.75 Å². The molecule has 0 radical (unpaired) electrons. The smallest absolute Gasteiger partial charge is 0.404 e. The molecule has 0 saturated carbocycles. The summed E-state index contributed by atoms with van der Waals surface area (Å²) < 4.78 is 52.0. The van der Waals surface area contributed by atoms with E-state index in [2.05, 4.69) is 9.72 Å². The summed E-state index contributed by atoms with van der Waals surface area (Å²) in [5.41, 5.74) is -0.684. The van der Waals surface area contributed by atoms with Crippen molar-refractivity contribution in [3.63, 3.8) is 0 Å².